The summed E-state index contributed by atoms with van der Waals surface area (Å²) in [5.41, 5.74) is 3.29. The molecule has 0 saturated carbocycles. The number of carbonyl (C=O) groups excluding carboxylic acids is 2. The van der Waals surface area contributed by atoms with Crippen LogP contribution in [-0.4, -0.2) is 37.0 Å². The summed E-state index contributed by atoms with van der Waals surface area (Å²) in [6, 6.07) is 13.2. The summed E-state index contributed by atoms with van der Waals surface area (Å²) in [5.74, 6) is -0.650. The molecule has 1 saturated heterocycles. The van der Waals surface area contributed by atoms with Gasteiger partial charge in [-0.3, -0.25) is 9.69 Å². The van der Waals surface area contributed by atoms with Gasteiger partial charge >= 0.3 is 5.97 Å². The molecule has 1 amide bonds. The third-order valence-corrected chi connectivity index (χ3v) is 5.34. The van der Waals surface area contributed by atoms with Crippen LogP contribution >= 0.6 is 11.6 Å². The second kappa shape index (κ2) is 9.22. The van der Waals surface area contributed by atoms with Gasteiger partial charge in [-0.2, -0.15) is 0 Å². The van der Waals surface area contributed by atoms with Crippen molar-refractivity contribution in [3.8, 4) is 0 Å². The normalized spacial score (nSPS) is 17.2. The fraction of sp³-hybridized carbons (Fsp3) is 0.364. The van der Waals surface area contributed by atoms with E-state index >= 15 is 0 Å². The van der Waals surface area contributed by atoms with Crippen LogP contribution in [0.15, 0.2) is 42.5 Å². The summed E-state index contributed by atoms with van der Waals surface area (Å²) in [5, 5.41) is 3.28. The molecule has 1 N–H and O–H groups in total. The highest BCUT2D eigenvalue weighted by atomic mass is 35.5. The first kappa shape index (κ1) is 20.4. The minimum absolute atomic E-state index is 0.0714. The highest BCUT2D eigenvalue weighted by Crippen LogP contribution is 2.26. The monoisotopic (exact) mass is 400 g/mol. The summed E-state index contributed by atoms with van der Waals surface area (Å²) in [7, 11) is 1.32. The average molecular weight is 401 g/mol. The maximum atomic E-state index is 12.8. The first-order valence-corrected chi connectivity index (χ1v) is 9.80. The number of piperidine rings is 1. The molecular formula is C22H25ClN2O3. The van der Waals surface area contributed by atoms with Crippen LogP contribution in [0.3, 0.4) is 0 Å². The van der Waals surface area contributed by atoms with Crippen LogP contribution < -0.4 is 5.32 Å². The first-order valence-electron chi connectivity index (χ1n) is 9.43. The number of halogens is 1. The Morgan fingerprint density at radius 1 is 1.25 bits per heavy atom. The fourth-order valence-corrected chi connectivity index (χ4v) is 3.75. The molecule has 0 radical (unpaired) electrons. The lowest BCUT2D eigenvalue weighted by molar-refractivity contribution is -0.121. The molecule has 0 bridgehead atoms. The maximum absolute atomic E-state index is 12.8. The Kier molecular flexibility index (Phi) is 6.70. The number of amides is 1. The lowest BCUT2D eigenvalue weighted by Gasteiger charge is -2.32. The number of likely N-dealkylation sites (tertiary alicyclic amines) is 1. The van der Waals surface area contributed by atoms with E-state index in [1.165, 1.54) is 18.2 Å². The van der Waals surface area contributed by atoms with Crippen LogP contribution in [0.25, 0.3) is 0 Å². The standard InChI is InChI=1S/C22H25ClN2O3/c1-15-5-3-6-16(11-15)13-25-10-4-7-18(14-25)21(26)24-20-12-17(22(27)28-2)8-9-19(20)23/h3,5-6,8-9,11-12,18H,4,7,10,13-14H2,1-2H3,(H,24,26). The SMILES string of the molecule is COC(=O)c1ccc(Cl)c(NC(=O)C2CCCN(Cc3cccc(C)c3)C2)c1. The average Bonchev–Trinajstić information content (AvgIpc) is 2.69. The number of hydrogen-bond acceptors (Lipinski definition) is 4. The van der Waals surface area contributed by atoms with Crippen LogP contribution in [0.1, 0.15) is 34.3 Å². The minimum atomic E-state index is -0.464. The summed E-state index contributed by atoms with van der Waals surface area (Å²) in [6.07, 6.45) is 1.81. The van der Waals surface area contributed by atoms with Gasteiger partial charge in [0.15, 0.2) is 0 Å². The van der Waals surface area contributed by atoms with Gasteiger partial charge < -0.3 is 10.1 Å². The number of carbonyl (C=O) groups is 2. The van der Waals surface area contributed by atoms with Crippen molar-refractivity contribution in [3.05, 3.63) is 64.2 Å². The molecule has 1 heterocycles. The summed E-state index contributed by atoms with van der Waals surface area (Å²) in [4.78, 5) is 26.8. The van der Waals surface area contributed by atoms with Gasteiger partial charge in [0.05, 0.1) is 29.3 Å². The Bertz CT molecular complexity index is 869. The third-order valence-electron chi connectivity index (χ3n) is 5.01. The van der Waals surface area contributed by atoms with Gasteiger partial charge in [0.25, 0.3) is 0 Å². The first-order chi connectivity index (χ1) is 13.5. The van der Waals surface area contributed by atoms with E-state index in [-0.39, 0.29) is 11.8 Å². The van der Waals surface area contributed by atoms with Crippen LogP contribution in [-0.2, 0) is 16.1 Å². The second-order valence-corrected chi connectivity index (χ2v) is 7.65. The largest absolute Gasteiger partial charge is 0.465 e. The Hall–Kier alpha value is -2.37. The molecule has 1 aliphatic heterocycles. The molecule has 6 heteroatoms. The van der Waals surface area contributed by atoms with Gasteiger partial charge in [-0.15, -0.1) is 0 Å². The molecule has 0 aliphatic carbocycles. The molecule has 1 fully saturated rings. The molecule has 2 aromatic carbocycles. The second-order valence-electron chi connectivity index (χ2n) is 7.24. The molecule has 5 nitrogen and oxygen atoms in total. The van der Waals surface area contributed by atoms with E-state index in [4.69, 9.17) is 16.3 Å². The van der Waals surface area contributed by atoms with Gasteiger partial charge in [-0.1, -0.05) is 41.4 Å². The van der Waals surface area contributed by atoms with E-state index in [2.05, 4.69) is 41.4 Å². The van der Waals surface area contributed by atoms with E-state index in [0.717, 1.165) is 25.9 Å². The Labute approximate surface area is 170 Å². The van der Waals surface area contributed by atoms with Gasteiger partial charge in [-0.05, 0) is 50.1 Å². The van der Waals surface area contributed by atoms with E-state index in [1.807, 2.05) is 0 Å². The predicted octanol–water partition coefficient (Wildman–Crippen LogP) is 4.29. The van der Waals surface area contributed by atoms with Crippen molar-refractivity contribution >= 4 is 29.2 Å². The quantitative estimate of drug-likeness (QED) is 0.761. The molecule has 1 unspecified atom stereocenters. The zero-order valence-electron chi connectivity index (χ0n) is 16.2. The van der Waals surface area contributed by atoms with Crippen molar-refractivity contribution in [1.29, 1.82) is 0 Å². The topological polar surface area (TPSA) is 58.6 Å². The highest BCUT2D eigenvalue weighted by molar-refractivity contribution is 6.33. The summed E-state index contributed by atoms with van der Waals surface area (Å²) in [6.45, 7) is 4.61. The minimum Gasteiger partial charge on any atom is -0.465 e. The van der Waals surface area contributed by atoms with Crippen molar-refractivity contribution in [2.75, 3.05) is 25.5 Å². The van der Waals surface area contributed by atoms with Crippen LogP contribution in [0.5, 0.6) is 0 Å². The number of methoxy groups -OCH3 is 1. The Balaban J connectivity index is 1.65. The third kappa shape index (κ3) is 5.12. The number of ether oxygens (including phenoxy) is 1. The van der Waals surface area contributed by atoms with Crippen molar-refractivity contribution < 1.29 is 14.3 Å². The lowest BCUT2D eigenvalue weighted by atomic mass is 9.96. The zero-order chi connectivity index (χ0) is 20.1. The molecule has 2 aromatic rings. The number of hydrogen-bond donors (Lipinski definition) is 1. The van der Waals surface area contributed by atoms with Crippen molar-refractivity contribution in [1.82, 2.24) is 4.90 Å². The van der Waals surface area contributed by atoms with Gasteiger partial charge in [0.1, 0.15) is 0 Å². The number of esters is 1. The number of nitrogens with one attached hydrogen (secondary N) is 1. The fourth-order valence-electron chi connectivity index (χ4n) is 3.58. The van der Waals surface area contributed by atoms with E-state index in [9.17, 15) is 9.59 Å². The van der Waals surface area contributed by atoms with Crippen molar-refractivity contribution in [2.24, 2.45) is 5.92 Å². The van der Waals surface area contributed by atoms with E-state index in [0.29, 0.717) is 22.8 Å². The molecular weight excluding hydrogens is 376 g/mol. The number of rotatable bonds is 5. The van der Waals surface area contributed by atoms with Crippen LogP contribution in [0.4, 0.5) is 5.69 Å². The van der Waals surface area contributed by atoms with Crippen LogP contribution in [0, 0.1) is 12.8 Å². The molecule has 0 spiro atoms. The summed E-state index contributed by atoms with van der Waals surface area (Å²) < 4.78 is 4.73. The lowest BCUT2D eigenvalue weighted by Crippen LogP contribution is -2.40. The predicted molar refractivity (Wildman–Crippen MR) is 111 cm³/mol. The molecule has 1 atom stereocenters. The van der Waals surface area contributed by atoms with Crippen molar-refractivity contribution in [2.45, 2.75) is 26.3 Å². The smallest absolute Gasteiger partial charge is 0.337 e. The molecule has 28 heavy (non-hydrogen) atoms. The van der Waals surface area contributed by atoms with Gasteiger partial charge in [0.2, 0.25) is 5.91 Å². The van der Waals surface area contributed by atoms with Gasteiger partial charge in [-0.25, -0.2) is 4.79 Å². The Morgan fingerprint density at radius 3 is 2.82 bits per heavy atom. The maximum Gasteiger partial charge on any atom is 0.337 e. The zero-order valence-corrected chi connectivity index (χ0v) is 17.0. The molecule has 3 rings (SSSR count). The Morgan fingerprint density at radius 2 is 2.07 bits per heavy atom. The van der Waals surface area contributed by atoms with Crippen molar-refractivity contribution in [3.63, 3.8) is 0 Å². The molecule has 148 valence electrons. The van der Waals surface area contributed by atoms with E-state index in [1.54, 1.807) is 18.2 Å². The van der Waals surface area contributed by atoms with Gasteiger partial charge in [0, 0.05) is 13.1 Å². The summed E-state index contributed by atoms with van der Waals surface area (Å²) >= 11 is 6.20. The molecule has 1 aliphatic rings. The molecule has 0 aromatic heterocycles. The number of benzene rings is 2. The number of anilines is 1. The number of aryl methyl sites for hydroxylation is 1. The number of nitrogens with zero attached hydrogens (tertiary/aromatic N) is 1. The van der Waals surface area contributed by atoms with Crippen LogP contribution in [0.2, 0.25) is 5.02 Å². The van der Waals surface area contributed by atoms with E-state index < -0.39 is 5.97 Å². The highest BCUT2D eigenvalue weighted by Gasteiger charge is 2.26.